The minimum Gasteiger partial charge on any atom is -0.481 e. The summed E-state index contributed by atoms with van der Waals surface area (Å²) in [6, 6.07) is -0.525. The lowest BCUT2D eigenvalue weighted by Crippen LogP contribution is -2.43. The van der Waals surface area contributed by atoms with Gasteiger partial charge >= 0.3 is 12.1 Å². The minimum atomic E-state index is -1.16. The van der Waals surface area contributed by atoms with E-state index >= 15 is 0 Å². The van der Waals surface area contributed by atoms with Gasteiger partial charge < -0.3 is 15.5 Å². The topological polar surface area (TPSA) is 86.6 Å². The third-order valence-electron chi connectivity index (χ3n) is 3.08. The van der Waals surface area contributed by atoms with E-state index in [1.165, 1.54) is 0 Å². The molecule has 1 aliphatic carbocycles. The van der Waals surface area contributed by atoms with Crippen molar-refractivity contribution in [3.05, 3.63) is 0 Å². The average Bonchev–Trinajstić information content (AvgIpc) is 2.54. The fourth-order valence-corrected chi connectivity index (χ4v) is 2.42. The summed E-state index contributed by atoms with van der Waals surface area (Å²) in [5.41, 5.74) is 0. The lowest BCUT2D eigenvalue weighted by atomic mass is 9.85. The Morgan fingerprint density at radius 1 is 1.27 bits per heavy atom. The molecule has 0 spiro atoms. The number of aliphatic carboxylic acids is 1. The molecule has 0 radical (unpaired) electrons. The maximum absolute atomic E-state index is 11.1. The number of rotatable bonds is 4. The Bertz CT molecular complexity index is 248. The van der Waals surface area contributed by atoms with Gasteiger partial charge in [0.25, 0.3) is 0 Å². The molecule has 0 bridgehead atoms. The predicted octanol–water partition coefficient (Wildman–Crippen LogP) is 1.53. The van der Waals surface area contributed by atoms with Crippen molar-refractivity contribution in [3.63, 3.8) is 0 Å². The number of amides is 1. The maximum atomic E-state index is 11.1. The summed E-state index contributed by atoms with van der Waals surface area (Å²) in [6.45, 7) is 1.62. The Morgan fingerprint density at radius 2 is 1.80 bits per heavy atom. The smallest absolute Gasteiger partial charge is 0.404 e. The molecule has 5 heteroatoms. The van der Waals surface area contributed by atoms with Gasteiger partial charge in [0.05, 0.1) is 5.92 Å². The van der Waals surface area contributed by atoms with E-state index < -0.39 is 24.0 Å². The van der Waals surface area contributed by atoms with Crippen molar-refractivity contribution in [1.82, 2.24) is 5.32 Å². The molecule has 0 heterocycles. The van der Waals surface area contributed by atoms with Crippen molar-refractivity contribution in [2.24, 2.45) is 11.8 Å². The molecule has 15 heavy (non-hydrogen) atoms. The average molecular weight is 215 g/mol. The lowest BCUT2D eigenvalue weighted by Gasteiger charge is -2.25. The van der Waals surface area contributed by atoms with Crippen LogP contribution in [0.2, 0.25) is 0 Å². The van der Waals surface area contributed by atoms with Crippen LogP contribution in [0.4, 0.5) is 4.79 Å². The van der Waals surface area contributed by atoms with E-state index in [1.807, 2.05) is 0 Å². The highest BCUT2D eigenvalue weighted by Gasteiger charge is 2.35. The number of carboxylic acids is 1. The van der Waals surface area contributed by atoms with Crippen LogP contribution < -0.4 is 5.32 Å². The Balaban J connectivity index is 2.63. The van der Waals surface area contributed by atoms with Crippen LogP contribution in [0.15, 0.2) is 0 Å². The van der Waals surface area contributed by atoms with Crippen LogP contribution in [0, 0.1) is 11.8 Å². The van der Waals surface area contributed by atoms with E-state index in [1.54, 1.807) is 6.92 Å². The quantitative estimate of drug-likeness (QED) is 0.663. The van der Waals surface area contributed by atoms with E-state index in [0.717, 1.165) is 25.7 Å². The summed E-state index contributed by atoms with van der Waals surface area (Å²) in [7, 11) is 0. The zero-order valence-corrected chi connectivity index (χ0v) is 8.77. The van der Waals surface area contributed by atoms with E-state index in [2.05, 4.69) is 5.32 Å². The fourth-order valence-electron chi connectivity index (χ4n) is 2.42. The number of hydrogen-bond acceptors (Lipinski definition) is 2. The van der Waals surface area contributed by atoms with Crippen LogP contribution in [0.5, 0.6) is 0 Å². The molecule has 3 N–H and O–H groups in total. The molecule has 0 aliphatic heterocycles. The van der Waals surface area contributed by atoms with Crippen molar-refractivity contribution in [3.8, 4) is 0 Å². The predicted molar refractivity (Wildman–Crippen MR) is 53.7 cm³/mol. The van der Waals surface area contributed by atoms with Crippen molar-refractivity contribution in [2.45, 2.75) is 38.6 Å². The SMILES string of the molecule is CC(NC(=O)O)C(C(=O)O)C1CCCC1. The van der Waals surface area contributed by atoms with Gasteiger partial charge in [0.15, 0.2) is 0 Å². The van der Waals surface area contributed by atoms with Crippen molar-refractivity contribution < 1.29 is 19.8 Å². The van der Waals surface area contributed by atoms with E-state index in [9.17, 15) is 9.59 Å². The Morgan fingerprint density at radius 3 is 2.20 bits per heavy atom. The zero-order valence-electron chi connectivity index (χ0n) is 8.77. The summed E-state index contributed by atoms with van der Waals surface area (Å²) in [4.78, 5) is 21.5. The Kier molecular flexibility index (Phi) is 3.94. The van der Waals surface area contributed by atoms with Gasteiger partial charge in [0, 0.05) is 6.04 Å². The standard InChI is InChI=1S/C10H17NO4/c1-6(11-10(14)15)8(9(12)13)7-4-2-3-5-7/h6-8,11H,2-5H2,1H3,(H,12,13)(H,14,15). The number of nitrogens with one attached hydrogen (secondary N) is 1. The highest BCUT2D eigenvalue weighted by atomic mass is 16.4. The van der Waals surface area contributed by atoms with Crippen LogP contribution in [0.25, 0.3) is 0 Å². The van der Waals surface area contributed by atoms with Gasteiger partial charge in [-0.3, -0.25) is 4.79 Å². The summed E-state index contributed by atoms with van der Waals surface area (Å²) in [5.74, 6) is -1.38. The molecule has 0 aromatic heterocycles. The second-order valence-electron chi connectivity index (χ2n) is 4.15. The summed E-state index contributed by atoms with van der Waals surface area (Å²) in [5, 5.41) is 19.9. The highest BCUT2D eigenvalue weighted by Crippen LogP contribution is 2.33. The molecular formula is C10H17NO4. The highest BCUT2D eigenvalue weighted by molar-refractivity contribution is 5.73. The van der Waals surface area contributed by atoms with Gasteiger partial charge in [-0.05, 0) is 25.7 Å². The van der Waals surface area contributed by atoms with E-state index in [-0.39, 0.29) is 5.92 Å². The van der Waals surface area contributed by atoms with Gasteiger partial charge in [-0.25, -0.2) is 4.79 Å². The molecule has 1 amide bonds. The molecule has 0 aromatic carbocycles. The summed E-state index contributed by atoms with van der Waals surface area (Å²) < 4.78 is 0. The van der Waals surface area contributed by atoms with Crippen LogP contribution >= 0.6 is 0 Å². The van der Waals surface area contributed by atoms with Crippen LogP contribution in [-0.4, -0.2) is 28.3 Å². The van der Waals surface area contributed by atoms with Gasteiger partial charge in [-0.15, -0.1) is 0 Å². The van der Waals surface area contributed by atoms with Gasteiger partial charge in [-0.2, -0.15) is 0 Å². The fraction of sp³-hybridized carbons (Fsp3) is 0.800. The number of carboxylic acid groups (broad SMARTS) is 2. The largest absolute Gasteiger partial charge is 0.481 e. The maximum Gasteiger partial charge on any atom is 0.404 e. The first-order valence-corrected chi connectivity index (χ1v) is 5.24. The molecule has 0 saturated heterocycles. The normalized spacial score (nSPS) is 20.9. The third kappa shape index (κ3) is 3.11. The molecule has 86 valence electrons. The van der Waals surface area contributed by atoms with Gasteiger partial charge in [-0.1, -0.05) is 12.8 Å². The summed E-state index contributed by atoms with van der Waals surface area (Å²) in [6.07, 6.45) is 2.72. The molecular weight excluding hydrogens is 198 g/mol. The monoisotopic (exact) mass is 215 g/mol. The number of carbonyl (C=O) groups is 2. The second-order valence-corrected chi connectivity index (χ2v) is 4.15. The first-order chi connectivity index (χ1) is 7.02. The molecule has 2 unspecified atom stereocenters. The van der Waals surface area contributed by atoms with Crippen molar-refractivity contribution in [2.75, 3.05) is 0 Å². The molecule has 1 rings (SSSR count). The minimum absolute atomic E-state index is 0.115. The molecule has 2 atom stereocenters. The van der Waals surface area contributed by atoms with E-state index in [4.69, 9.17) is 10.2 Å². The summed E-state index contributed by atoms with van der Waals surface area (Å²) >= 11 is 0. The molecule has 1 saturated carbocycles. The zero-order chi connectivity index (χ0) is 11.4. The van der Waals surface area contributed by atoms with Gasteiger partial charge in [0.2, 0.25) is 0 Å². The van der Waals surface area contributed by atoms with Crippen molar-refractivity contribution in [1.29, 1.82) is 0 Å². The Hall–Kier alpha value is -1.26. The first kappa shape index (κ1) is 11.8. The second kappa shape index (κ2) is 5.00. The molecule has 5 nitrogen and oxygen atoms in total. The van der Waals surface area contributed by atoms with Crippen LogP contribution in [0.1, 0.15) is 32.6 Å². The van der Waals surface area contributed by atoms with Crippen LogP contribution in [0.3, 0.4) is 0 Å². The van der Waals surface area contributed by atoms with Gasteiger partial charge in [0.1, 0.15) is 0 Å². The van der Waals surface area contributed by atoms with Crippen LogP contribution in [-0.2, 0) is 4.79 Å². The lowest BCUT2D eigenvalue weighted by molar-refractivity contribution is -0.144. The first-order valence-electron chi connectivity index (χ1n) is 5.24. The van der Waals surface area contributed by atoms with E-state index in [0.29, 0.717) is 0 Å². The Labute approximate surface area is 88.5 Å². The van der Waals surface area contributed by atoms with Crippen molar-refractivity contribution >= 4 is 12.1 Å². The number of hydrogen-bond donors (Lipinski definition) is 3. The third-order valence-corrected chi connectivity index (χ3v) is 3.08. The molecule has 0 aromatic rings. The molecule has 1 fully saturated rings. The molecule has 1 aliphatic rings.